The van der Waals surface area contributed by atoms with Crippen LogP contribution in [0.2, 0.25) is 0 Å². The predicted molar refractivity (Wildman–Crippen MR) is 199 cm³/mol. The average molecular weight is 682 g/mol. The maximum Gasteiger partial charge on any atom is 0.0701 e. The number of nitrogens with zero attached hydrogens (tertiary/aromatic N) is 1. The number of fused-ring (bicyclic) bond motifs is 21. The van der Waals surface area contributed by atoms with E-state index in [9.17, 15) is 0 Å². The second-order valence-corrected chi connectivity index (χ2v) is 17.8. The van der Waals surface area contributed by atoms with Crippen LogP contribution >= 0.6 is 0 Å². The second kappa shape index (κ2) is 14.3. The third-order valence-corrected chi connectivity index (χ3v) is 15.3. The maximum absolute atomic E-state index is 4.26. The lowest BCUT2D eigenvalue weighted by Gasteiger charge is -2.35. The van der Waals surface area contributed by atoms with Crippen molar-refractivity contribution < 1.29 is 0 Å². The van der Waals surface area contributed by atoms with Crippen molar-refractivity contribution in [2.75, 3.05) is 0 Å². The van der Waals surface area contributed by atoms with Crippen molar-refractivity contribution in [3.63, 3.8) is 0 Å². The smallest absolute Gasteiger partial charge is 0.0701 e. The fourth-order valence-corrected chi connectivity index (χ4v) is 13.0. The van der Waals surface area contributed by atoms with Gasteiger partial charge in [-0.15, -0.1) is 0 Å². The van der Waals surface area contributed by atoms with Gasteiger partial charge in [0.15, 0.2) is 0 Å². The van der Waals surface area contributed by atoms with E-state index in [0.29, 0.717) is 49.3 Å². The molecule has 5 aliphatic heterocycles. The van der Waals surface area contributed by atoms with Gasteiger partial charge in [0.1, 0.15) is 0 Å². The Labute approximate surface area is 299 Å². The number of benzene rings is 1. The number of para-hydroxylation sites is 1. The van der Waals surface area contributed by atoms with Gasteiger partial charge in [0, 0.05) is 11.6 Å². The Hall–Kier alpha value is -1.69. The van der Waals surface area contributed by atoms with Gasteiger partial charge in [0.2, 0.25) is 0 Å². The van der Waals surface area contributed by atoms with Crippen LogP contribution in [0.3, 0.4) is 0 Å². The highest BCUT2D eigenvalue weighted by Crippen LogP contribution is 2.45. The van der Waals surface area contributed by atoms with Crippen molar-refractivity contribution in [2.45, 2.75) is 152 Å². The van der Waals surface area contributed by atoms with Crippen molar-refractivity contribution in [3.8, 4) is 0 Å². The molecule has 11 rings (SSSR count). The van der Waals surface area contributed by atoms with E-state index in [0.717, 1.165) is 52.9 Å². The number of pyridine rings is 1. The second-order valence-electron chi connectivity index (χ2n) is 17.8. The minimum Gasteiger partial charge on any atom is -0.286 e. The van der Waals surface area contributed by atoms with Gasteiger partial charge >= 0.3 is 0 Å². The molecule has 8 unspecified atom stereocenters. The SMILES string of the molecule is C1CCC2C3NC(NC4NC(NC5NC(NC6NC(N3)C3CCCCC63)C3CCCCC53)C3CCCCC43)C2C1.c1ccc2ncccc2c1. The Bertz CT molecular complexity index is 1180. The Morgan fingerprint density at radius 3 is 0.880 bits per heavy atom. The maximum atomic E-state index is 4.26. The average Bonchev–Trinajstić information content (AvgIpc) is 3.91. The molecule has 1 aromatic heterocycles. The first kappa shape index (κ1) is 32.9. The molecule has 2 aromatic rings. The van der Waals surface area contributed by atoms with Crippen LogP contribution in [0, 0.1) is 47.3 Å². The molecule has 6 heterocycles. The summed E-state index contributed by atoms with van der Waals surface area (Å²) in [5, 5.41) is 35.0. The quantitative estimate of drug-likeness (QED) is 0.198. The fraction of sp³-hybridized carbons (Fsp3) is 0.780. The molecule has 50 heavy (non-hydrogen) atoms. The Morgan fingerprint density at radius 2 is 0.600 bits per heavy atom. The Morgan fingerprint density at radius 1 is 0.340 bits per heavy atom. The molecule has 9 fully saturated rings. The van der Waals surface area contributed by atoms with Gasteiger partial charge in [-0.2, -0.15) is 0 Å². The van der Waals surface area contributed by atoms with Crippen LogP contribution in [0.25, 0.3) is 10.9 Å². The lowest BCUT2D eigenvalue weighted by molar-refractivity contribution is 0.167. The third-order valence-electron chi connectivity index (χ3n) is 15.3. The summed E-state index contributed by atoms with van der Waals surface area (Å²) in [6.45, 7) is 0. The van der Waals surface area contributed by atoms with Gasteiger partial charge in [-0.05, 0) is 111 Å². The van der Waals surface area contributed by atoms with Crippen molar-refractivity contribution in [1.29, 1.82) is 0 Å². The number of hydrogen-bond donors (Lipinski definition) is 8. The van der Waals surface area contributed by atoms with Crippen LogP contribution in [0.1, 0.15) is 103 Å². The molecule has 8 bridgehead atoms. The summed E-state index contributed by atoms with van der Waals surface area (Å²) in [5.41, 5.74) is 1.06. The standard InChI is InChI=1S/C32H56N8.C9H7N/c1-2-10-18-17(9-1)25-33-26(18)38-28-21-13-5-6-14-22(21)30(35-28)40-32-24-16-8-7-15-23(24)31(36-32)39-29-20-12-4-3-11-19(20)27(34-29)37-25;1-2-6-9-8(4-1)5-3-7-10-9/h17-40H,1-16H2;1-7H. The molecule has 272 valence electrons. The summed E-state index contributed by atoms with van der Waals surface area (Å²) >= 11 is 0. The molecule has 0 amide bonds. The monoisotopic (exact) mass is 682 g/mol. The van der Waals surface area contributed by atoms with Crippen LogP contribution < -0.4 is 42.5 Å². The Balaban J connectivity index is 0.000000272. The molecule has 9 heteroatoms. The van der Waals surface area contributed by atoms with Crippen molar-refractivity contribution in [1.82, 2.24) is 47.5 Å². The van der Waals surface area contributed by atoms with Crippen LogP contribution in [-0.2, 0) is 0 Å². The molecule has 9 aliphatic rings. The normalized spacial score (nSPS) is 48.1. The summed E-state index contributed by atoms with van der Waals surface area (Å²) in [7, 11) is 0. The van der Waals surface area contributed by atoms with Gasteiger partial charge < -0.3 is 0 Å². The highest BCUT2D eigenvalue weighted by molar-refractivity contribution is 5.77. The molecule has 5 saturated heterocycles. The minimum atomic E-state index is 0.420. The third kappa shape index (κ3) is 6.15. The molecule has 4 saturated carbocycles. The van der Waals surface area contributed by atoms with Gasteiger partial charge in [-0.25, -0.2) is 0 Å². The lowest BCUT2D eigenvalue weighted by atomic mass is 9.76. The molecule has 9 nitrogen and oxygen atoms in total. The van der Waals surface area contributed by atoms with Gasteiger partial charge in [0.05, 0.1) is 54.8 Å². The summed E-state index contributed by atoms with van der Waals surface area (Å²) in [6, 6.07) is 12.1. The van der Waals surface area contributed by atoms with Gasteiger partial charge in [-0.3, -0.25) is 47.5 Å². The molecular formula is C41H63N9. The van der Waals surface area contributed by atoms with Crippen molar-refractivity contribution in [2.24, 2.45) is 47.3 Å². The number of hydrogen-bond acceptors (Lipinski definition) is 9. The summed E-state index contributed by atoms with van der Waals surface area (Å²) in [6.07, 6.45) is 27.4. The first-order valence-corrected chi connectivity index (χ1v) is 21.1. The highest BCUT2D eigenvalue weighted by Gasteiger charge is 2.54. The zero-order valence-corrected chi connectivity index (χ0v) is 30.0. The molecule has 0 spiro atoms. The number of nitrogens with one attached hydrogen (secondary N) is 8. The minimum absolute atomic E-state index is 0.420. The van der Waals surface area contributed by atoms with Crippen molar-refractivity contribution in [3.05, 3.63) is 42.6 Å². The number of aromatic nitrogens is 1. The summed E-state index contributed by atoms with van der Waals surface area (Å²) < 4.78 is 0. The highest BCUT2D eigenvalue weighted by atomic mass is 15.4. The molecule has 8 atom stereocenters. The van der Waals surface area contributed by atoms with Crippen LogP contribution in [-0.4, -0.2) is 54.3 Å². The van der Waals surface area contributed by atoms with E-state index in [1.807, 2.05) is 30.5 Å². The molecular weight excluding hydrogens is 619 g/mol. The molecule has 0 radical (unpaired) electrons. The van der Waals surface area contributed by atoms with E-state index in [2.05, 4.69) is 59.7 Å². The van der Waals surface area contributed by atoms with Gasteiger partial charge in [0.25, 0.3) is 0 Å². The first-order valence-electron chi connectivity index (χ1n) is 21.1. The van der Waals surface area contributed by atoms with E-state index < -0.39 is 0 Å². The van der Waals surface area contributed by atoms with E-state index in [4.69, 9.17) is 0 Å². The van der Waals surface area contributed by atoms with Crippen molar-refractivity contribution >= 4 is 10.9 Å². The molecule has 4 aliphatic carbocycles. The van der Waals surface area contributed by atoms with E-state index in [1.165, 1.54) is 108 Å². The Kier molecular flexibility index (Phi) is 9.40. The van der Waals surface area contributed by atoms with Crippen LogP contribution in [0.5, 0.6) is 0 Å². The summed E-state index contributed by atoms with van der Waals surface area (Å²) in [4.78, 5) is 4.18. The van der Waals surface area contributed by atoms with E-state index in [-0.39, 0.29) is 0 Å². The fourth-order valence-electron chi connectivity index (χ4n) is 13.0. The van der Waals surface area contributed by atoms with Crippen LogP contribution in [0.15, 0.2) is 42.6 Å². The topological polar surface area (TPSA) is 109 Å². The van der Waals surface area contributed by atoms with Crippen LogP contribution in [0.4, 0.5) is 0 Å². The number of rotatable bonds is 0. The van der Waals surface area contributed by atoms with E-state index >= 15 is 0 Å². The largest absolute Gasteiger partial charge is 0.286 e. The predicted octanol–water partition coefficient (Wildman–Crippen LogP) is 4.84. The zero-order valence-electron chi connectivity index (χ0n) is 30.0. The first-order chi connectivity index (χ1) is 24.8. The summed E-state index contributed by atoms with van der Waals surface area (Å²) in [5.74, 6) is 5.97. The molecule has 1 aromatic carbocycles. The lowest BCUT2D eigenvalue weighted by Crippen LogP contribution is -2.61. The molecule has 8 N–H and O–H groups in total. The van der Waals surface area contributed by atoms with Gasteiger partial charge in [-0.1, -0.05) is 75.6 Å². The zero-order chi connectivity index (χ0) is 33.0. The van der Waals surface area contributed by atoms with E-state index in [1.54, 1.807) is 0 Å².